The third-order valence-electron chi connectivity index (χ3n) is 4.96. The molecule has 0 atom stereocenters. The van der Waals surface area contributed by atoms with Crippen molar-refractivity contribution in [2.45, 2.75) is 11.1 Å². The van der Waals surface area contributed by atoms with Gasteiger partial charge in [0.1, 0.15) is 12.3 Å². The summed E-state index contributed by atoms with van der Waals surface area (Å²) >= 11 is 0. The molecule has 0 spiro atoms. The summed E-state index contributed by atoms with van der Waals surface area (Å²) in [7, 11) is -2.67. The summed E-state index contributed by atoms with van der Waals surface area (Å²) in [6.45, 7) is -0.711. The average molecular weight is 507 g/mol. The molecule has 184 valence electrons. The second-order valence-corrected chi connectivity index (χ2v) is 9.48. The van der Waals surface area contributed by atoms with Crippen molar-refractivity contribution < 1.29 is 35.9 Å². The minimum absolute atomic E-state index is 0.0547. The summed E-state index contributed by atoms with van der Waals surface area (Å²) in [5, 5.41) is 0. The van der Waals surface area contributed by atoms with Crippen LogP contribution in [-0.4, -0.2) is 45.1 Å². The number of pyridine rings is 1. The molecule has 0 saturated heterocycles. The number of amides is 2. The third-order valence-corrected chi connectivity index (χ3v) is 6.05. The second-order valence-electron chi connectivity index (χ2n) is 7.47. The molecule has 12 heteroatoms. The lowest BCUT2D eigenvalue weighted by Crippen LogP contribution is -2.39. The van der Waals surface area contributed by atoms with Crippen molar-refractivity contribution in [3.63, 3.8) is 0 Å². The summed E-state index contributed by atoms with van der Waals surface area (Å²) in [6, 6.07) is 10.1. The Bertz CT molecular complexity index is 1390. The number of ether oxygens (including phenoxy) is 1. The van der Waals surface area contributed by atoms with Crippen molar-refractivity contribution >= 4 is 27.3 Å². The van der Waals surface area contributed by atoms with Crippen molar-refractivity contribution in [3.05, 3.63) is 72.1 Å². The molecule has 8 nitrogen and oxygen atoms in total. The van der Waals surface area contributed by atoms with Gasteiger partial charge in [-0.15, -0.1) is 0 Å². The van der Waals surface area contributed by atoms with E-state index in [4.69, 9.17) is 10.5 Å². The maximum absolute atomic E-state index is 13.5. The number of primary amides is 1. The predicted octanol–water partition coefficient (Wildman–Crippen LogP) is 3.31. The number of para-hydroxylation sites is 1. The topological polar surface area (TPSA) is 120 Å². The highest BCUT2D eigenvalue weighted by atomic mass is 32.2. The average Bonchev–Trinajstić information content (AvgIpc) is 2.80. The smallest absolute Gasteiger partial charge is 0.416 e. The number of anilines is 1. The summed E-state index contributed by atoms with van der Waals surface area (Å²) in [6.07, 6.45) is -1.54. The van der Waals surface area contributed by atoms with E-state index in [0.717, 1.165) is 17.2 Å². The molecular formula is C23H20F3N3O5S. The number of alkyl halides is 3. The Balaban J connectivity index is 2.24. The van der Waals surface area contributed by atoms with E-state index in [-0.39, 0.29) is 5.69 Å². The molecule has 0 unspecified atom stereocenters. The number of methoxy groups -OCH3 is 1. The molecule has 2 N–H and O–H groups in total. The van der Waals surface area contributed by atoms with Crippen LogP contribution >= 0.6 is 0 Å². The Morgan fingerprint density at radius 2 is 1.77 bits per heavy atom. The summed E-state index contributed by atoms with van der Waals surface area (Å²) in [5.74, 6) is -1.61. The standard InChI is InChI=1S/C23H20F3N3O5S/c1-34-20-6-4-3-5-18(20)17-7-8-28-12-19(17)29(13-21(27)30)22(31)14-9-15(23(24,25)26)11-16(10-14)35(2,32)33/h3-12H,13H2,1-2H3,(H2,27,30). The maximum Gasteiger partial charge on any atom is 0.416 e. The number of rotatable bonds is 7. The van der Waals surface area contributed by atoms with Crippen molar-refractivity contribution in [1.29, 1.82) is 0 Å². The number of sulfone groups is 1. The summed E-state index contributed by atoms with van der Waals surface area (Å²) in [5.41, 5.74) is 4.34. The van der Waals surface area contributed by atoms with E-state index in [1.165, 1.54) is 25.6 Å². The van der Waals surface area contributed by atoms with Gasteiger partial charge in [-0.2, -0.15) is 13.2 Å². The van der Waals surface area contributed by atoms with Crippen LogP contribution in [0.5, 0.6) is 5.75 Å². The fraction of sp³-hybridized carbons (Fsp3) is 0.174. The zero-order chi connectivity index (χ0) is 26.0. The molecule has 2 amide bonds. The van der Waals surface area contributed by atoms with Crippen LogP contribution in [0.15, 0.2) is 65.8 Å². The molecule has 0 fully saturated rings. The predicted molar refractivity (Wildman–Crippen MR) is 122 cm³/mol. The molecule has 0 aliphatic carbocycles. The normalized spacial score (nSPS) is 11.7. The number of carbonyl (C=O) groups excluding carboxylic acids is 2. The zero-order valence-electron chi connectivity index (χ0n) is 18.5. The van der Waals surface area contributed by atoms with Gasteiger partial charge >= 0.3 is 6.18 Å². The van der Waals surface area contributed by atoms with Crippen LogP contribution in [0.3, 0.4) is 0 Å². The molecule has 0 bridgehead atoms. The van der Waals surface area contributed by atoms with E-state index in [2.05, 4.69) is 4.98 Å². The van der Waals surface area contributed by atoms with Crippen LogP contribution in [0.4, 0.5) is 18.9 Å². The Morgan fingerprint density at radius 3 is 2.37 bits per heavy atom. The van der Waals surface area contributed by atoms with E-state index >= 15 is 0 Å². The van der Waals surface area contributed by atoms with Crippen molar-refractivity contribution in [2.24, 2.45) is 5.73 Å². The maximum atomic E-state index is 13.5. The fourth-order valence-corrected chi connectivity index (χ4v) is 4.06. The first-order chi connectivity index (χ1) is 16.3. The SMILES string of the molecule is COc1ccccc1-c1ccncc1N(CC(N)=O)C(=O)c1cc(C(F)(F)F)cc(S(C)(=O)=O)c1. The number of hydrogen-bond acceptors (Lipinski definition) is 6. The third kappa shape index (κ3) is 5.77. The van der Waals surface area contributed by atoms with Gasteiger partial charge in [-0.25, -0.2) is 8.42 Å². The van der Waals surface area contributed by atoms with Crippen LogP contribution < -0.4 is 15.4 Å². The molecule has 3 rings (SSSR count). The molecule has 1 heterocycles. The lowest BCUT2D eigenvalue weighted by atomic mass is 10.0. The second kappa shape index (κ2) is 9.74. The van der Waals surface area contributed by atoms with Crippen LogP contribution in [0.1, 0.15) is 15.9 Å². The Hall–Kier alpha value is -3.93. The molecular weight excluding hydrogens is 487 g/mol. The van der Waals surface area contributed by atoms with Gasteiger partial charge in [0.2, 0.25) is 5.91 Å². The monoisotopic (exact) mass is 507 g/mol. The molecule has 2 aromatic carbocycles. The van der Waals surface area contributed by atoms with Crippen molar-refractivity contribution in [3.8, 4) is 16.9 Å². The first-order valence-electron chi connectivity index (χ1n) is 9.93. The number of carbonyl (C=O) groups is 2. The van der Waals surface area contributed by atoms with Crippen molar-refractivity contribution in [2.75, 3.05) is 24.8 Å². The van der Waals surface area contributed by atoms with Crippen LogP contribution in [-0.2, 0) is 20.8 Å². The highest BCUT2D eigenvalue weighted by Gasteiger charge is 2.34. The van der Waals surface area contributed by atoms with Crippen molar-refractivity contribution in [1.82, 2.24) is 4.98 Å². The van der Waals surface area contributed by atoms with Gasteiger partial charge in [-0.3, -0.25) is 19.5 Å². The first-order valence-corrected chi connectivity index (χ1v) is 11.8. The van der Waals surface area contributed by atoms with E-state index in [1.54, 1.807) is 24.3 Å². The fourth-order valence-electron chi connectivity index (χ4n) is 3.37. The Morgan fingerprint density at radius 1 is 1.09 bits per heavy atom. The zero-order valence-corrected chi connectivity index (χ0v) is 19.4. The molecule has 0 aliphatic heterocycles. The summed E-state index contributed by atoms with van der Waals surface area (Å²) in [4.78, 5) is 29.4. The van der Waals surface area contributed by atoms with E-state index < -0.39 is 50.4 Å². The number of benzene rings is 2. The quantitative estimate of drug-likeness (QED) is 0.524. The van der Waals surface area contributed by atoms with Gasteiger partial charge in [0.05, 0.1) is 29.5 Å². The van der Waals surface area contributed by atoms with Gasteiger partial charge in [-0.05, 0) is 30.3 Å². The van der Waals surface area contributed by atoms with Gasteiger partial charge < -0.3 is 10.5 Å². The lowest BCUT2D eigenvalue weighted by Gasteiger charge is -2.25. The molecule has 3 aromatic rings. The highest BCUT2D eigenvalue weighted by Crippen LogP contribution is 2.37. The van der Waals surface area contributed by atoms with E-state index in [1.807, 2.05) is 0 Å². The molecule has 0 radical (unpaired) electrons. The minimum Gasteiger partial charge on any atom is -0.496 e. The Labute approximate surface area is 199 Å². The lowest BCUT2D eigenvalue weighted by molar-refractivity contribution is -0.137. The largest absolute Gasteiger partial charge is 0.496 e. The molecule has 1 aromatic heterocycles. The van der Waals surface area contributed by atoms with Crippen LogP contribution in [0, 0.1) is 0 Å². The highest BCUT2D eigenvalue weighted by molar-refractivity contribution is 7.90. The number of hydrogen-bond donors (Lipinski definition) is 1. The van der Waals surface area contributed by atoms with Gasteiger partial charge in [0.25, 0.3) is 5.91 Å². The molecule has 35 heavy (non-hydrogen) atoms. The number of nitrogens with zero attached hydrogens (tertiary/aromatic N) is 2. The molecule has 0 saturated carbocycles. The van der Waals surface area contributed by atoms with Crippen LogP contribution in [0.25, 0.3) is 11.1 Å². The van der Waals surface area contributed by atoms with Gasteiger partial charge in [0, 0.05) is 29.1 Å². The van der Waals surface area contributed by atoms with E-state index in [9.17, 15) is 31.2 Å². The van der Waals surface area contributed by atoms with Crippen LogP contribution in [0.2, 0.25) is 0 Å². The first kappa shape index (κ1) is 25.7. The Kier molecular flexibility index (Phi) is 7.15. The number of nitrogens with two attached hydrogens (primary N) is 1. The van der Waals surface area contributed by atoms with Gasteiger partial charge in [-0.1, -0.05) is 18.2 Å². The minimum atomic E-state index is -4.93. The number of aromatic nitrogens is 1. The molecule has 0 aliphatic rings. The number of halogens is 3. The van der Waals surface area contributed by atoms with Gasteiger partial charge in [0.15, 0.2) is 9.84 Å². The summed E-state index contributed by atoms with van der Waals surface area (Å²) < 4.78 is 69.9. The van der Waals surface area contributed by atoms with E-state index in [0.29, 0.717) is 29.0 Å².